The summed E-state index contributed by atoms with van der Waals surface area (Å²) in [6, 6.07) is 4.03. The Bertz CT molecular complexity index is 898. The molecular weight excluding hydrogens is 334 g/mol. The van der Waals surface area contributed by atoms with E-state index in [9.17, 15) is 13.2 Å². The van der Waals surface area contributed by atoms with Crippen LogP contribution in [0, 0.1) is 0 Å². The van der Waals surface area contributed by atoms with Gasteiger partial charge in [0.2, 0.25) is 0 Å². The summed E-state index contributed by atoms with van der Waals surface area (Å²) in [5.74, 6) is -0.0962. The summed E-state index contributed by atoms with van der Waals surface area (Å²) in [5, 5.41) is 0. The van der Waals surface area contributed by atoms with Crippen LogP contribution in [0.1, 0.15) is 15.9 Å². The number of fused-ring (bicyclic) bond motifs is 1. The molecule has 2 aromatic rings. The van der Waals surface area contributed by atoms with Gasteiger partial charge >= 0.3 is 5.97 Å². The number of rotatable bonds is 4. The second-order valence-corrected chi connectivity index (χ2v) is 6.91. The highest BCUT2D eigenvalue weighted by Gasteiger charge is 2.33. The van der Waals surface area contributed by atoms with E-state index in [1.807, 2.05) is 0 Å². The van der Waals surface area contributed by atoms with Crippen LogP contribution in [0.2, 0.25) is 0 Å². The monoisotopic (exact) mass is 349 g/mol. The van der Waals surface area contributed by atoms with Gasteiger partial charge in [0, 0.05) is 24.4 Å². The highest BCUT2D eigenvalue weighted by atomic mass is 32.2. The second-order valence-electron chi connectivity index (χ2n) is 5.05. The van der Waals surface area contributed by atoms with E-state index >= 15 is 0 Å². The third kappa shape index (κ3) is 2.56. The fourth-order valence-corrected chi connectivity index (χ4v) is 4.03. The topological polar surface area (TPSA) is 98.7 Å². The third-order valence-electron chi connectivity index (χ3n) is 3.75. The molecule has 0 amide bonds. The molecule has 9 heteroatoms. The van der Waals surface area contributed by atoms with Gasteiger partial charge < -0.3 is 9.47 Å². The molecule has 0 unspecified atom stereocenters. The zero-order chi connectivity index (χ0) is 17.3. The summed E-state index contributed by atoms with van der Waals surface area (Å²) in [6.45, 7) is 0.289. The Hall–Kier alpha value is -2.68. The van der Waals surface area contributed by atoms with Gasteiger partial charge in [0.1, 0.15) is 23.5 Å². The van der Waals surface area contributed by atoms with Gasteiger partial charge in [0.15, 0.2) is 0 Å². The first-order valence-corrected chi connectivity index (χ1v) is 8.51. The summed E-state index contributed by atoms with van der Waals surface area (Å²) < 4.78 is 36.8. The Kier molecular flexibility index (Phi) is 4.10. The Balaban J connectivity index is 2.04. The minimum atomic E-state index is -3.82. The molecule has 0 N–H and O–H groups in total. The van der Waals surface area contributed by atoms with Crippen LogP contribution in [0.25, 0.3) is 0 Å². The van der Waals surface area contributed by atoms with Gasteiger partial charge in [-0.2, -0.15) is 0 Å². The van der Waals surface area contributed by atoms with Gasteiger partial charge in [-0.25, -0.2) is 27.5 Å². The number of hydrogen-bond acceptors (Lipinski definition) is 7. The first-order chi connectivity index (χ1) is 11.5. The van der Waals surface area contributed by atoms with Gasteiger partial charge in [0.05, 0.1) is 19.1 Å². The lowest BCUT2D eigenvalue weighted by atomic mass is 10.2. The number of benzene rings is 1. The van der Waals surface area contributed by atoms with E-state index in [-0.39, 0.29) is 22.8 Å². The number of hydrogen-bond donors (Lipinski definition) is 0. The molecule has 126 valence electrons. The van der Waals surface area contributed by atoms with Crippen molar-refractivity contribution in [1.82, 2.24) is 9.97 Å². The maximum absolute atomic E-state index is 12.9. The maximum atomic E-state index is 12.9. The van der Waals surface area contributed by atoms with E-state index < -0.39 is 16.0 Å². The Morgan fingerprint density at radius 1 is 1.29 bits per heavy atom. The van der Waals surface area contributed by atoms with Gasteiger partial charge in [-0.15, -0.1) is 0 Å². The van der Waals surface area contributed by atoms with Crippen LogP contribution in [0.5, 0.6) is 5.75 Å². The maximum Gasteiger partial charge on any atom is 0.341 e. The Morgan fingerprint density at radius 2 is 2.08 bits per heavy atom. The minimum absolute atomic E-state index is 0.0125. The fourth-order valence-electron chi connectivity index (χ4n) is 2.55. The van der Waals surface area contributed by atoms with Gasteiger partial charge in [-0.05, 0) is 18.6 Å². The minimum Gasteiger partial charge on any atom is -0.496 e. The number of carbonyl (C=O) groups excluding carboxylic acids is 1. The van der Waals surface area contributed by atoms with Crippen molar-refractivity contribution >= 4 is 21.8 Å². The molecule has 1 aliphatic heterocycles. The molecule has 0 bridgehead atoms. The largest absolute Gasteiger partial charge is 0.496 e. The summed E-state index contributed by atoms with van der Waals surface area (Å²) >= 11 is 0. The van der Waals surface area contributed by atoms with Crippen molar-refractivity contribution in [1.29, 1.82) is 0 Å². The van der Waals surface area contributed by atoms with Crippen molar-refractivity contribution in [3.05, 3.63) is 41.9 Å². The van der Waals surface area contributed by atoms with Crippen molar-refractivity contribution in [2.45, 2.75) is 11.3 Å². The first kappa shape index (κ1) is 16.2. The van der Waals surface area contributed by atoms with Gasteiger partial charge in [-0.3, -0.25) is 0 Å². The van der Waals surface area contributed by atoms with E-state index in [1.54, 1.807) is 6.20 Å². The molecule has 1 aromatic heterocycles. The first-order valence-electron chi connectivity index (χ1n) is 7.07. The van der Waals surface area contributed by atoms with Crippen molar-refractivity contribution in [3.8, 4) is 5.75 Å². The molecule has 8 nitrogen and oxygen atoms in total. The molecule has 1 aliphatic rings. The summed E-state index contributed by atoms with van der Waals surface area (Å²) in [6.07, 6.45) is 3.47. The predicted molar refractivity (Wildman–Crippen MR) is 84.6 cm³/mol. The zero-order valence-electron chi connectivity index (χ0n) is 13.1. The van der Waals surface area contributed by atoms with Crippen molar-refractivity contribution in [3.63, 3.8) is 0 Å². The van der Waals surface area contributed by atoms with Gasteiger partial charge in [0.25, 0.3) is 10.0 Å². The number of anilines is 1. The molecule has 0 fully saturated rings. The molecule has 24 heavy (non-hydrogen) atoms. The number of sulfonamides is 1. The average Bonchev–Trinajstić information content (AvgIpc) is 3.05. The van der Waals surface area contributed by atoms with E-state index in [4.69, 9.17) is 4.74 Å². The Morgan fingerprint density at radius 3 is 2.79 bits per heavy atom. The predicted octanol–water partition coefficient (Wildman–Crippen LogP) is 1.02. The number of methoxy groups -OCH3 is 2. The van der Waals surface area contributed by atoms with E-state index in [2.05, 4.69) is 14.7 Å². The fraction of sp³-hybridized carbons (Fsp3) is 0.267. The molecule has 2 heterocycles. The SMILES string of the molecule is COC(=O)c1ccc(S(=O)(=O)N2CCc3cncnc32)cc1OC. The number of esters is 1. The van der Waals surface area contributed by atoms with Crippen LogP contribution in [0.4, 0.5) is 5.82 Å². The normalized spacial score (nSPS) is 13.5. The molecule has 0 atom stereocenters. The van der Waals surface area contributed by atoms with Crippen LogP contribution in [0.15, 0.2) is 35.6 Å². The van der Waals surface area contributed by atoms with Crippen LogP contribution < -0.4 is 9.04 Å². The lowest BCUT2D eigenvalue weighted by molar-refractivity contribution is 0.0597. The van der Waals surface area contributed by atoms with E-state index in [0.717, 1.165) is 5.56 Å². The Labute approximate surface area is 139 Å². The van der Waals surface area contributed by atoms with Crippen molar-refractivity contribution < 1.29 is 22.7 Å². The smallest absolute Gasteiger partial charge is 0.341 e. The molecule has 0 aliphatic carbocycles. The molecule has 0 spiro atoms. The van der Waals surface area contributed by atoms with E-state index in [1.165, 1.54) is 43.1 Å². The summed E-state index contributed by atoms with van der Waals surface area (Å²) in [4.78, 5) is 19.7. The second kappa shape index (κ2) is 6.08. The standard InChI is InChI=1S/C15H15N3O5S/c1-22-13-7-11(3-4-12(13)15(19)23-2)24(20,21)18-6-5-10-8-16-9-17-14(10)18/h3-4,7-9H,5-6H2,1-2H3. The average molecular weight is 349 g/mol. The van der Waals surface area contributed by atoms with Crippen molar-refractivity contribution in [2.75, 3.05) is 25.1 Å². The quantitative estimate of drug-likeness (QED) is 0.760. The highest BCUT2D eigenvalue weighted by Crippen LogP contribution is 2.32. The molecule has 0 radical (unpaired) electrons. The number of nitrogens with zero attached hydrogens (tertiary/aromatic N) is 3. The number of aromatic nitrogens is 2. The van der Waals surface area contributed by atoms with Crippen LogP contribution in [-0.4, -0.2) is 45.1 Å². The summed E-state index contributed by atoms with van der Waals surface area (Å²) in [5.41, 5.74) is 0.933. The third-order valence-corrected chi connectivity index (χ3v) is 5.54. The lowest BCUT2D eigenvalue weighted by Gasteiger charge is -2.19. The molecular formula is C15H15N3O5S. The molecule has 1 aromatic carbocycles. The molecule has 0 saturated heterocycles. The molecule has 3 rings (SSSR count). The van der Waals surface area contributed by atoms with Crippen molar-refractivity contribution in [2.24, 2.45) is 0 Å². The lowest BCUT2D eigenvalue weighted by Crippen LogP contribution is -2.29. The number of carbonyl (C=O) groups is 1. The summed E-state index contributed by atoms with van der Waals surface area (Å²) in [7, 11) is -1.22. The molecule has 0 saturated carbocycles. The number of ether oxygens (including phenoxy) is 2. The van der Waals surface area contributed by atoms with E-state index in [0.29, 0.717) is 12.2 Å². The highest BCUT2D eigenvalue weighted by molar-refractivity contribution is 7.92. The van der Waals surface area contributed by atoms with Gasteiger partial charge in [-0.1, -0.05) is 0 Å². The van der Waals surface area contributed by atoms with Crippen LogP contribution >= 0.6 is 0 Å². The van der Waals surface area contributed by atoms with Crippen LogP contribution in [0.3, 0.4) is 0 Å². The zero-order valence-corrected chi connectivity index (χ0v) is 13.9. The van der Waals surface area contributed by atoms with Crippen LogP contribution in [-0.2, 0) is 21.2 Å².